The molecule has 0 nitrogen and oxygen atoms in total. The highest BCUT2D eigenvalue weighted by Gasteiger charge is 2.07. The van der Waals surface area contributed by atoms with Crippen LogP contribution in [0.2, 0.25) is 0 Å². The third kappa shape index (κ3) is 6.71. The fourth-order valence-corrected chi connectivity index (χ4v) is 1.33. The van der Waals surface area contributed by atoms with Crippen molar-refractivity contribution in [1.82, 2.24) is 0 Å². The maximum atomic E-state index is 4.00. The first kappa shape index (κ1) is 15.7. The van der Waals surface area contributed by atoms with Crippen molar-refractivity contribution in [3.8, 4) is 0 Å². The second-order valence-electron chi connectivity index (χ2n) is 2.74. The second-order valence-corrected chi connectivity index (χ2v) is 2.74. The van der Waals surface area contributed by atoms with Crippen molar-refractivity contribution < 1.29 is 0 Å². The largest absolute Gasteiger partial charge is 0.0991 e. The summed E-state index contributed by atoms with van der Waals surface area (Å²) in [5.74, 6) is 0. The van der Waals surface area contributed by atoms with Crippen molar-refractivity contribution in [2.24, 2.45) is 0 Å². The molecule has 0 heterocycles. The summed E-state index contributed by atoms with van der Waals surface area (Å²) in [5, 5.41) is 0. The highest BCUT2D eigenvalue weighted by atomic mass is 14.1. The van der Waals surface area contributed by atoms with Crippen LogP contribution in [0.3, 0.4) is 0 Å². The van der Waals surface area contributed by atoms with Crippen molar-refractivity contribution in [1.29, 1.82) is 0 Å². The summed E-state index contributed by atoms with van der Waals surface area (Å²) in [4.78, 5) is 0. The standard InChI is InChI=1S/C10H14.2C2H6/c1-3-6-10-8-5-4-7-9(10)2;2*1-2/h3,6H,1-2,4-5,7-8H2;2*1-2H3/b10-6-;;. The molecule has 0 radical (unpaired) electrons. The predicted molar refractivity (Wildman–Crippen MR) is 68.6 cm³/mol. The van der Waals surface area contributed by atoms with Crippen LogP contribution >= 0.6 is 0 Å². The lowest BCUT2D eigenvalue weighted by Gasteiger charge is -2.15. The van der Waals surface area contributed by atoms with Gasteiger partial charge in [-0.25, -0.2) is 0 Å². The van der Waals surface area contributed by atoms with E-state index in [2.05, 4.69) is 19.2 Å². The third-order valence-electron chi connectivity index (χ3n) is 1.95. The van der Waals surface area contributed by atoms with Gasteiger partial charge in [0.1, 0.15) is 0 Å². The molecule has 0 aromatic heterocycles. The van der Waals surface area contributed by atoms with Gasteiger partial charge in [0, 0.05) is 0 Å². The average Bonchev–Trinajstić information content (AvgIpc) is 2.28. The van der Waals surface area contributed by atoms with E-state index in [1.54, 1.807) is 0 Å². The second kappa shape index (κ2) is 12.2. The Balaban J connectivity index is 0. The maximum absolute atomic E-state index is 4.00. The molecule has 1 fully saturated rings. The van der Waals surface area contributed by atoms with Gasteiger partial charge in [-0.05, 0) is 31.3 Å². The molecule has 0 aliphatic heterocycles. The topological polar surface area (TPSA) is 0 Å². The van der Waals surface area contributed by atoms with Crippen LogP contribution in [0.4, 0.5) is 0 Å². The molecule has 1 saturated carbocycles. The van der Waals surface area contributed by atoms with E-state index in [4.69, 9.17) is 0 Å². The van der Waals surface area contributed by atoms with E-state index < -0.39 is 0 Å². The predicted octanol–water partition coefficient (Wildman–Crippen LogP) is 5.28. The minimum absolute atomic E-state index is 1.18. The van der Waals surface area contributed by atoms with Crippen LogP contribution in [0.25, 0.3) is 0 Å². The fraction of sp³-hybridized carbons (Fsp3) is 0.571. The Bertz CT molecular complexity index is 172. The van der Waals surface area contributed by atoms with Gasteiger partial charge in [-0.15, -0.1) is 0 Å². The Labute approximate surface area is 90.4 Å². The first-order valence-corrected chi connectivity index (χ1v) is 5.84. The van der Waals surface area contributed by atoms with Gasteiger partial charge in [-0.1, -0.05) is 58.6 Å². The fourth-order valence-electron chi connectivity index (χ4n) is 1.33. The molecule has 0 aromatic carbocycles. The maximum Gasteiger partial charge on any atom is -0.0276 e. The Morgan fingerprint density at radius 1 is 1.00 bits per heavy atom. The SMILES string of the molecule is C=C/C=C1/CCCCC1=C.CC.CC. The van der Waals surface area contributed by atoms with Gasteiger partial charge in [0.15, 0.2) is 0 Å². The molecular formula is C14H26. The molecule has 1 rings (SSSR count). The molecule has 0 aromatic rings. The molecule has 1 aliphatic rings. The molecule has 1 aliphatic carbocycles. The Morgan fingerprint density at radius 2 is 1.50 bits per heavy atom. The number of allylic oxidation sites excluding steroid dienone is 4. The third-order valence-corrected chi connectivity index (χ3v) is 1.95. The van der Waals surface area contributed by atoms with Crippen LogP contribution in [-0.4, -0.2) is 0 Å². The molecule has 0 spiro atoms. The van der Waals surface area contributed by atoms with E-state index in [0.29, 0.717) is 0 Å². The monoisotopic (exact) mass is 194 g/mol. The average molecular weight is 194 g/mol. The molecule has 0 heteroatoms. The quantitative estimate of drug-likeness (QED) is 0.532. The van der Waals surface area contributed by atoms with Gasteiger partial charge in [-0.2, -0.15) is 0 Å². The number of rotatable bonds is 1. The molecular weight excluding hydrogens is 168 g/mol. The zero-order valence-electron chi connectivity index (χ0n) is 10.4. The van der Waals surface area contributed by atoms with Crippen molar-refractivity contribution in [3.05, 3.63) is 36.5 Å². The van der Waals surface area contributed by atoms with E-state index >= 15 is 0 Å². The summed E-state index contributed by atoms with van der Waals surface area (Å²) in [6.45, 7) is 15.7. The summed E-state index contributed by atoms with van der Waals surface area (Å²) in [7, 11) is 0. The zero-order valence-corrected chi connectivity index (χ0v) is 10.4. The lowest BCUT2D eigenvalue weighted by molar-refractivity contribution is 0.681. The van der Waals surface area contributed by atoms with Gasteiger partial charge >= 0.3 is 0 Å². The lowest BCUT2D eigenvalue weighted by atomic mass is 9.90. The van der Waals surface area contributed by atoms with Crippen LogP contribution < -0.4 is 0 Å². The summed E-state index contributed by atoms with van der Waals surface area (Å²) in [6, 6.07) is 0. The smallest absolute Gasteiger partial charge is 0.0276 e. The van der Waals surface area contributed by atoms with Gasteiger partial charge in [0.05, 0.1) is 0 Å². The minimum atomic E-state index is 1.18. The van der Waals surface area contributed by atoms with Crippen LogP contribution in [0, 0.1) is 0 Å². The Kier molecular flexibility index (Phi) is 13.7. The van der Waals surface area contributed by atoms with Crippen LogP contribution in [-0.2, 0) is 0 Å². The summed E-state index contributed by atoms with van der Waals surface area (Å²) < 4.78 is 0. The zero-order chi connectivity index (χ0) is 11.4. The number of hydrogen-bond acceptors (Lipinski definition) is 0. The first-order chi connectivity index (χ1) is 6.84. The summed E-state index contributed by atoms with van der Waals surface area (Å²) >= 11 is 0. The molecule has 0 N–H and O–H groups in total. The lowest BCUT2D eigenvalue weighted by Crippen LogP contribution is -1.96. The van der Waals surface area contributed by atoms with Gasteiger partial charge < -0.3 is 0 Å². The first-order valence-electron chi connectivity index (χ1n) is 5.84. The normalized spacial score (nSPS) is 17.4. The minimum Gasteiger partial charge on any atom is -0.0991 e. The molecule has 0 saturated heterocycles. The highest BCUT2D eigenvalue weighted by Crippen LogP contribution is 2.26. The molecule has 0 amide bonds. The van der Waals surface area contributed by atoms with Crippen LogP contribution in [0.5, 0.6) is 0 Å². The highest BCUT2D eigenvalue weighted by molar-refractivity contribution is 5.32. The summed E-state index contributed by atoms with van der Waals surface area (Å²) in [5.41, 5.74) is 2.72. The van der Waals surface area contributed by atoms with Crippen molar-refractivity contribution >= 4 is 0 Å². The van der Waals surface area contributed by atoms with Gasteiger partial charge in [-0.3, -0.25) is 0 Å². The Morgan fingerprint density at radius 3 is 1.93 bits per heavy atom. The van der Waals surface area contributed by atoms with Crippen LogP contribution in [0.1, 0.15) is 53.4 Å². The van der Waals surface area contributed by atoms with Gasteiger partial charge in [0.25, 0.3) is 0 Å². The molecule has 82 valence electrons. The van der Waals surface area contributed by atoms with Crippen LogP contribution in [0.15, 0.2) is 36.5 Å². The van der Waals surface area contributed by atoms with Crippen molar-refractivity contribution in [2.45, 2.75) is 53.4 Å². The van der Waals surface area contributed by atoms with E-state index in [-0.39, 0.29) is 0 Å². The molecule has 0 unspecified atom stereocenters. The molecule has 0 atom stereocenters. The van der Waals surface area contributed by atoms with E-state index in [1.807, 2.05) is 33.8 Å². The Hall–Kier alpha value is -0.780. The van der Waals surface area contributed by atoms with Gasteiger partial charge in [0.2, 0.25) is 0 Å². The number of hydrogen-bond donors (Lipinski definition) is 0. The summed E-state index contributed by atoms with van der Waals surface area (Å²) in [6.07, 6.45) is 8.95. The molecule has 0 bridgehead atoms. The van der Waals surface area contributed by atoms with E-state index in [9.17, 15) is 0 Å². The van der Waals surface area contributed by atoms with E-state index in [1.165, 1.54) is 36.8 Å². The molecule has 14 heavy (non-hydrogen) atoms. The van der Waals surface area contributed by atoms with E-state index in [0.717, 1.165) is 0 Å². The van der Waals surface area contributed by atoms with Crippen molar-refractivity contribution in [3.63, 3.8) is 0 Å². The van der Waals surface area contributed by atoms with Crippen molar-refractivity contribution in [2.75, 3.05) is 0 Å².